The minimum atomic E-state index is -0.302. The lowest BCUT2D eigenvalue weighted by Crippen LogP contribution is -2.18. The standard InChI is InChI=1S/C19H20N4OS/c1-6-9-22-15-8-7-13(4)10-17(15)25-19(22)20-18(24)16-11-14(5)21-23(16)12(2)3/h1,7-8,10-12H,9H2,2-5H3. The van der Waals surface area contributed by atoms with E-state index in [-0.39, 0.29) is 11.9 Å². The first-order valence-electron chi connectivity index (χ1n) is 8.09. The van der Waals surface area contributed by atoms with Crippen molar-refractivity contribution in [1.82, 2.24) is 14.3 Å². The highest BCUT2D eigenvalue weighted by atomic mass is 32.1. The average molecular weight is 352 g/mol. The molecule has 3 rings (SSSR count). The van der Waals surface area contributed by atoms with Gasteiger partial charge in [0.1, 0.15) is 5.69 Å². The highest BCUT2D eigenvalue weighted by Crippen LogP contribution is 2.19. The fourth-order valence-corrected chi connectivity index (χ4v) is 3.85. The van der Waals surface area contributed by atoms with Crippen LogP contribution in [0.15, 0.2) is 29.3 Å². The SMILES string of the molecule is C#CCn1c(=NC(=O)c2cc(C)nn2C(C)C)sc2cc(C)ccc21. The number of aromatic nitrogens is 3. The Hall–Kier alpha value is -2.65. The van der Waals surface area contributed by atoms with Gasteiger partial charge in [0.2, 0.25) is 0 Å². The van der Waals surface area contributed by atoms with Crippen LogP contribution in [0.1, 0.15) is 41.6 Å². The van der Waals surface area contributed by atoms with Crippen molar-refractivity contribution in [1.29, 1.82) is 0 Å². The number of amides is 1. The van der Waals surface area contributed by atoms with Crippen molar-refractivity contribution in [3.05, 3.63) is 46.0 Å². The molecule has 6 heteroatoms. The van der Waals surface area contributed by atoms with E-state index in [4.69, 9.17) is 6.42 Å². The van der Waals surface area contributed by atoms with E-state index in [9.17, 15) is 4.79 Å². The first kappa shape index (κ1) is 17.2. The number of benzene rings is 1. The molecule has 2 heterocycles. The summed E-state index contributed by atoms with van der Waals surface area (Å²) in [6.45, 7) is 8.26. The number of rotatable bonds is 3. The fourth-order valence-electron chi connectivity index (χ4n) is 2.72. The van der Waals surface area contributed by atoms with E-state index in [0.717, 1.165) is 21.5 Å². The Kier molecular flexibility index (Phi) is 4.60. The van der Waals surface area contributed by atoms with Crippen LogP contribution < -0.4 is 4.80 Å². The molecule has 0 unspecified atom stereocenters. The van der Waals surface area contributed by atoms with E-state index >= 15 is 0 Å². The minimum Gasteiger partial charge on any atom is -0.305 e. The summed E-state index contributed by atoms with van der Waals surface area (Å²) in [7, 11) is 0. The van der Waals surface area contributed by atoms with Crippen LogP contribution in [-0.4, -0.2) is 20.3 Å². The molecule has 0 aliphatic rings. The molecule has 0 saturated carbocycles. The van der Waals surface area contributed by atoms with Gasteiger partial charge in [0.05, 0.1) is 22.5 Å². The van der Waals surface area contributed by atoms with Crippen molar-refractivity contribution in [3.63, 3.8) is 0 Å². The number of aryl methyl sites for hydroxylation is 2. The molecule has 5 nitrogen and oxygen atoms in total. The molecule has 0 fully saturated rings. The molecule has 1 amide bonds. The maximum Gasteiger partial charge on any atom is 0.297 e. The summed E-state index contributed by atoms with van der Waals surface area (Å²) >= 11 is 1.47. The maximum atomic E-state index is 12.8. The van der Waals surface area contributed by atoms with E-state index in [2.05, 4.69) is 22.1 Å². The normalized spacial score (nSPS) is 12.1. The van der Waals surface area contributed by atoms with Gasteiger partial charge in [0.15, 0.2) is 4.80 Å². The van der Waals surface area contributed by atoms with Crippen molar-refractivity contribution >= 4 is 27.5 Å². The van der Waals surface area contributed by atoms with Gasteiger partial charge in [-0.1, -0.05) is 23.3 Å². The Balaban J connectivity index is 2.17. The number of carbonyl (C=O) groups is 1. The van der Waals surface area contributed by atoms with Gasteiger partial charge in [-0.05, 0) is 51.5 Å². The summed E-state index contributed by atoms with van der Waals surface area (Å²) in [6, 6.07) is 7.99. The topological polar surface area (TPSA) is 52.2 Å². The quantitative estimate of drug-likeness (QED) is 0.678. The van der Waals surface area contributed by atoms with Crippen LogP contribution in [0, 0.1) is 26.2 Å². The molecule has 1 aromatic carbocycles. The first-order valence-corrected chi connectivity index (χ1v) is 8.91. The van der Waals surface area contributed by atoms with Gasteiger partial charge in [0.25, 0.3) is 5.91 Å². The summed E-state index contributed by atoms with van der Waals surface area (Å²) in [4.78, 5) is 17.7. The highest BCUT2D eigenvalue weighted by Gasteiger charge is 2.16. The lowest BCUT2D eigenvalue weighted by molar-refractivity contribution is 0.0986. The smallest absolute Gasteiger partial charge is 0.297 e. The maximum absolute atomic E-state index is 12.8. The Labute approximate surface area is 150 Å². The lowest BCUT2D eigenvalue weighted by atomic mass is 10.2. The molecule has 128 valence electrons. The second-order valence-corrected chi connectivity index (χ2v) is 7.28. The van der Waals surface area contributed by atoms with Gasteiger partial charge >= 0.3 is 0 Å². The van der Waals surface area contributed by atoms with Gasteiger partial charge in [-0.3, -0.25) is 9.48 Å². The monoisotopic (exact) mass is 352 g/mol. The summed E-state index contributed by atoms with van der Waals surface area (Å²) in [5.41, 5.74) is 3.45. The largest absolute Gasteiger partial charge is 0.305 e. The van der Waals surface area contributed by atoms with E-state index in [0.29, 0.717) is 17.0 Å². The number of hydrogen-bond acceptors (Lipinski definition) is 3. The Morgan fingerprint density at radius 3 is 2.80 bits per heavy atom. The molecule has 25 heavy (non-hydrogen) atoms. The van der Waals surface area contributed by atoms with Gasteiger partial charge < -0.3 is 4.57 Å². The van der Waals surface area contributed by atoms with Crippen molar-refractivity contribution in [2.75, 3.05) is 0 Å². The summed E-state index contributed by atoms with van der Waals surface area (Å²) in [5, 5.41) is 4.39. The molecule has 0 aliphatic carbocycles. The number of fused-ring (bicyclic) bond motifs is 1. The second-order valence-electron chi connectivity index (χ2n) is 6.27. The fraction of sp³-hybridized carbons (Fsp3) is 0.316. The molecule has 0 saturated heterocycles. The van der Waals surface area contributed by atoms with Crippen LogP contribution in [0.4, 0.5) is 0 Å². The zero-order valence-corrected chi connectivity index (χ0v) is 15.6. The Morgan fingerprint density at radius 1 is 1.36 bits per heavy atom. The van der Waals surface area contributed by atoms with Crippen LogP contribution in [0.2, 0.25) is 0 Å². The van der Waals surface area contributed by atoms with Crippen LogP contribution in [0.3, 0.4) is 0 Å². The number of nitrogens with zero attached hydrogens (tertiary/aromatic N) is 4. The number of carbonyl (C=O) groups excluding carboxylic acids is 1. The molecule has 2 aromatic heterocycles. The lowest BCUT2D eigenvalue weighted by Gasteiger charge is -2.07. The third-order valence-corrected chi connectivity index (χ3v) is 4.89. The van der Waals surface area contributed by atoms with E-state index < -0.39 is 0 Å². The zero-order chi connectivity index (χ0) is 18.1. The Bertz CT molecular complexity index is 1060. The van der Waals surface area contributed by atoms with Crippen molar-refractivity contribution in [2.24, 2.45) is 4.99 Å². The second kappa shape index (κ2) is 6.69. The van der Waals surface area contributed by atoms with Gasteiger partial charge in [0, 0.05) is 6.04 Å². The summed E-state index contributed by atoms with van der Waals surface area (Å²) < 4.78 is 4.68. The molecule has 0 bridgehead atoms. The number of thiazole rings is 1. The molecule has 0 spiro atoms. The third-order valence-electron chi connectivity index (χ3n) is 3.85. The molecule has 3 aromatic rings. The molecule has 0 radical (unpaired) electrons. The average Bonchev–Trinajstić information content (AvgIpc) is 3.09. The molecule has 0 N–H and O–H groups in total. The van der Waals surface area contributed by atoms with E-state index in [1.54, 1.807) is 10.7 Å². The summed E-state index contributed by atoms with van der Waals surface area (Å²) in [6.07, 6.45) is 5.51. The van der Waals surface area contributed by atoms with Crippen LogP contribution >= 0.6 is 11.3 Å². The predicted octanol–water partition coefficient (Wildman–Crippen LogP) is 3.47. The first-order chi connectivity index (χ1) is 11.9. The summed E-state index contributed by atoms with van der Waals surface area (Å²) in [5.74, 6) is 2.34. The van der Waals surface area contributed by atoms with Crippen molar-refractivity contribution < 1.29 is 4.79 Å². The Morgan fingerprint density at radius 2 is 2.12 bits per heavy atom. The number of terminal acetylenes is 1. The zero-order valence-electron chi connectivity index (χ0n) is 14.8. The van der Waals surface area contributed by atoms with Gasteiger partial charge in [-0.15, -0.1) is 6.42 Å². The molecule has 0 aliphatic heterocycles. The third kappa shape index (κ3) is 3.28. The van der Waals surface area contributed by atoms with Crippen molar-refractivity contribution in [3.8, 4) is 12.3 Å². The van der Waals surface area contributed by atoms with E-state index in [1.165, 1.54) is 11.3 Å². The van der Waals surface area contributed by atoms with Gasteiger partial charge in [-0.25, -0.2) is 0 Å². The number of hydrogen-bond donors (Lipinski definition) is 0. The van der Waals surface area contributed by atoms with Gasteiger partial charge in [-0.2, -0.15) is 10.1 Å². The molecular weight excluding hydrogens is 332 g/mol. The van der Waals surface area contributed by atoms with Crippen LogP contribution in [0.5, 0.6) is 0 Å². The predicted molar refractivity (Wildman–Crippen MR) is 101 cm³/mol. The van der Waals surface area contributed by atoms with Crippen LogP contribution in [-0.2, 0) is 6.54 Å². The molecular formula is C19H20N4OS. The highest BCUT2D eigenvalue weighted by molar-refractivity contribution is 7.16. The minimum absolute atomic E-state index is 0.0886. The van der Waals surface area contributed by atoms with Crippen LogP contribution in [0.25, 0.3) is 10.2 Å². The molecule has 0 atom stereocenters. The van der Waals surface area contributed by atoms with Crippen molar-refractivity contribution in [2.45, 2.75) is 40.3 Å². The van der Waals surface area contributed by atoms with E-state index in [1.807, 2.05) is 44.4 Å².